The summed E-state index contributed by atoms with van der Waals surface area (Å²) >= 11 is 0. The predicted molar refractivity (Wildman–Crippen MR) is 51.4 cm³/mol. The van der Waals surface area contributed by atoms with E-state index in [1.54, 1.807) is 13.0 Å². The van der Waals surface area contributed by atoms with Crippen molar-refractivity contribution in [2.45, 2.75) is 20.3 Å². The molecule has 12 heavy (non-hydrogen) atoms. The number of halogens is 1. The molecule has 0 aliphatic heterocycles. The summed E-state index contributed by atoms with van der Waals surface area (Å²) in [5, 5.41) is 0. The molecule has 68 valence electrons. The first kappa shape index (κ1) is 11.1. The zero-order chi connectivity index (χ0) is 9.56. The van der Waals surface area contributed by atoms with Gasteiger partial charge >= 0.3 is 0 Å². The molecule has 0 aliphatic carbocycles. The number of rotatable bonds is 4. The normalized spacial score (nSPS) is 14.2. The van der Waals surface area contributed by atoms with Crippen LogP contribution in [0.2, 0.25) is 0 Å². The lowest BCUT2D eigenvalue weighted by atomic mass is 10.1. The Morgan fingerprint density at radius 1 is 1.50 bits per heavy atom. The van der Waals surface area contributed by atoms with Crippen molar-refractivity contribution in [2.24, 2.45) is 5.73 Å². The summed E-state index contributed by atoms with van der Waals surface area (Å²) in [4.78, 5) is 0. The quantitative estimate of drug-likeness (QED) is 0.643. The van der Waals surface area contributed by atoms with E-state index in [2.05, 4.69) is 6.58 Å². The van der Waals surface area contributed by atoms with Gasteiger partial charge in [0.1, 0.15) is 5.83 Å². The highest BCUT2D eigenvalue weighted by molar-refractivity contribution is 5.28. The summed E-state index contributed by atoms with van der Waals surface area (Å²) in [6.45, 7) is 7.61. The minimum Gasteiger partial charge on any atom is -0.330 e. The van der Waals surface area contributed by atoms with Crippen molar-refractivity contribution >= 4 is 0 Å². The molecule has 0 aromatic carbocycles. The minimum atomic E-state index is -0.272. The summed E-state index contributed by atoms with van der Waals surface area (Å²) in [5.41, 5.74) is 7.04. The van der Waals surface area contributed by atoms with Crippen LogP contribution in [0.15, 0.2) is 35.7 Å². The van der Waals surface area contributed by atoms with Crippen molar-refractivity contribution in [3.05, 3.63) is 35.7 Å². The summed E-state index contributed by atoms with van der Waals surface area (Å²) in [7, 11) is 0. The molecule has 2 N–H and O–H groups in total. The summed E-state index contributed by atoms with van der Waals surface area (Å²) in [6, 6.07) is 0. The van der Waals surface area contributed by atoms with Crippen molar-refractivity contribution in [3.63, 3.8) is 0 Å². The fourth-order valence-electron chi connectivity index (χ4n) is 0.899. The maximum atomic E-state index is 12.8. The van der Waals surface area contributed by atoms with Gasteiger partial charge in [0.15, 0.2) is 0 Å². The highest BCUT2D eigenvalue weighted by Gasteiger charge is 1.94. The zero-order valence-corrected chi connectivity index (χ0v) is 7.73. The maximum absolute atomic E-state index is 12.8. The van der Waals surface area contributed by atoms with Gasteiger partial charge in [-0.3, -0.25) is 0 Å². The smallest absolute Gasteiger partial charge is 0.125 e. The molecule has 0 bridgehead atoms. The molecule has 0 atom stereocenters. The Morgan fingerprint density at radius 3 is 2.50 bits per heavy atom. The highest BCUT2D eigenvalue weighted by Crippen LogP contribution is 2.11. The van der Waals surface area contributed by atoms with Crippen LogP contribution in [-0.2, 0) is 0 Å². The van der Waals surface area contributed by atoms with E-state index in [4.69, 9.17) is 5.73 Å². The maximum Gasteiger partial charge on any atom is 0.125 e. The molecular weight excluding hydrogens is 153 g/mol. The summed E-state index contributed by atoms with van der Waals surface area (Å²) < 4.78 is 12.8. The van der Waals surface area contributed by atoms with E-state index < -0.39 is 0 Å². The van der Waals surface area contributed by atoms with E-state index in [0.29, 0.717) is 12.1 Å². The average molecular weight is 169 g/mol. The molecule has 0 saturated carbocycles. The highest BCUT2D eigenvalue weighted by atomic mass is 19.1. The van der Waals surface area contributed by atoms with Crippen LogP contribution < -0.4 is 5.73 Å². The van der Waals surface area contributed by atoms with Gasteiger partial charge < -0.3 is 5.73 Å². The zero-order valence-electron chi connectivity index (χ0n) is 7.73. The molecule has 1 nitrogen and oxygen atoms in total. The first-order valence-corrected chi connectivity index (χ1v) is 3.98. The van der Waals surface area contributed by atoms with E-state index >= 15 is 0 Å². The molecule has 0 amide bonds. The Balaban J connectivity index is 4.41. The van der Waals surface area contributed by atoms with Crippen LogP contribution in [0.3, 0.4) is 0 Å². The SMILES string of the molecule is C=C/C(F)=C(C)\C=C(/C)CCN. The third kappa shape index (κ3) is 4.09. The Labute approximate surface area is 73.5 Å². The first-order valence-electron chi connectivity index (χ1n) is 3.98. The largest absolute Gasteiger partial charge is 0.330 e. The van der Waals surface area contributed by atoms with Gasteiger partial charge in [0.05, 0.1) is 0 Å². The first-order chi connectivity index (χ1) is 5.61. The second-order valence-electron chi connectivity index (χ2n) is 2.76. The molecular formula is C10H16FN. The van der Waals surface area contributed by atoms with E-state index in [9.17, 15) is 4.39 Å². The van der Waals surface area contributed by atoms with Gasteiger partial charge in [-0.2, -0.15) is 0 Å². The van der Waals surface area contributed by atoms with Gasteiger partial charge in [-0.25, -0.2) is 4.39 Å². The molecule has 0 unspecified atom stereocenters. The average Bonchev–Trinajstić information content (AvgIpc) is 2.03. The fraction of sp³-hybridized carbons (Fsp3) is 0.400. The van der Waals surface area contributed by atoms with E-state index in [1.165, 1.54) is 6.08 Å². The van der Waals surface area contributed by atoms with Crippen molar-refractivity contribution < 1.29 is 4.39 Å². The topological polar surface area (TPSA) is 26.0 Å². The third-order valence-electron chi connectivity index (χ3n) is 1.56. The van der Waals surface area contributed by atoms with Crippen LogP contribution in [0.5, 0.6) is 0 Å². The van der Waals surface area contributed by atoms with E-state index in [1.807, 2.05) is 6.92 Å². The Bertz CT molecular complexity index is 214. The second-order valence-corrected chi connectivity index (χ2v) is 2.76. The summed E-state index contributed by atoms with van der Waals surface area (Å²) in [5.74, 6) is -0.272. The molecule has 0 rings (SSSR count). The number of allylic oxidation sites excluding steroid dienone is 4. The van der Waals surface area contributed by atoms with E-state index in [-0.39, 0.29) is 5.83 Å². The molecule has 0 radical (unpaired) electrons. The monoisotopic (exact) mass is 169 g/mol. The second kappa shape index (κ2) is 5.72. The molecule has 0 spiro atoms. The standard InChI is InChI=1S/C10H16FN/c1-4-10(11)9(3)7-8(2)5-6-12/h4,7H,1,5-6,12H2,2-3H3/b8-7+,10-9+. The number of hydrogen-bond donors (Lipinski definition) is 1. The predicted octanol–water partition coefficient (Wildman–Crippen LogP) is 2.71. The molecule has 0 heterocycles. The minimum absolute atomic E-state index is 0.272. The van der Waals surface area contributed by atoms with Crippen molar-refractivity contribution in [1.29, 1.82) is 0 Å². The lowest BCUT2D eigenvalue weighted by molar-refractivity contribution is 0.658. The van der Waals surface area contributed by atoms with Crippen LogP contribution in [-0.4, -0.2) is 6.54 Å². The van der Waals surface area contributed by atoms with Crippen LogP contribution in [0.4, 0.5) is 4.39 Å². The van der Waals surface area contributed by atoms with Crippen molar-refractivity contribution in [1.82, 2.24) is 0 Å². The van der Waals surface area contributed by atoms with Crippen LogP contribution in [0.1, 0.15) is 20.3 Å². The van der Waals surface area contributed by atoms with Gasteiger partial charge in [0.2, 0.25) is 0 Å². The Morgan fingerprint density at radius 2 is 2.08 bits per heavy atom. The molecule has 0 fully saturated rings. The fourth-order valence-corrected chi connectivity index (χ4v) is 0.899. The van der Waals surface area contributed by atoms with Crippen molar-refractivity contribution in [2.75, 3.05) is 6.54 Å². The lowest BCUT2D eigenvalue weighted by Gasteiger charge is -1.98. The van der Waals surface area contributed by atoms with Gasteiger partial charge in [0.25, 0.3) is 0 Å². The molecule has 0 aromatic heterocycles. The molecule has 0 saturated heterocycles. The van der Waals surface area contributed by atoms with Crippen LogP contribution in [0, 0.1) is 0 Å². The molecule has 0 aliphatic rings. The van der Waals surface area contributed by atoms with Crippen molar-refractivity contribution in [3.8, 4) is 0 Å². The van der Waals surface area contributed by atoms with Gasteiger partial charge in [0, 0.05) is 0 Å². The number of nitrogens with two attached hydrogens (primary N) is 1. The Hall–Kier alpha value is -0.890. The Kier molecular flexibility index (Phi) is 5.30. The third-order valence-corrected chi connectivity index (χ3v) is 1.56. The van der Waals surface area contributed by atoms with Gasteiger partial charge in [-0.1, -0.05) is 18.2 Å². The lowest BCUT2D eigenvalue weighted by Crippen LogP contribution is -1.98. The van der Waals surface area contributed by atoms with Crippen LogP contribution >= 0.6 is 0 Å². The van der Waals surface area contributed by atoms with Gasteiger partial charge in [-0.05, 0) is 38.5 Å². The molecule has 0 aromatic rings. The molecule has 2 heteroatoms. The van der Waals surface area contributed by atoms with E-state index in [0.717, 1.165) is 12.0 Å². The van der Waals surface area contributed by atoms with Crippen LogP contribution in [0.25, 0.3) is 0 Å². The summed E-state index contributed by atoms with van der Waals surface area (Å²) in [6.07, 6.45) is 3.81. The van der Waals surface area contributed by atoms with Gasteiger partial charge in [-0.15, -0.1) is 0 Å². The number of hydrogen-bond acceptors (Lipinski definition) is 1.